The van der Waals surface area contributed by atoms with E-state index in [0.29, 0.717) is 17.4 Å². The molecule has 0 saturated heterocycles. The molecule has 1 aromatic rings. The van der Waals surface area contributed by atoms with Gasteiger partial charge in [-0.25, -0.2) is 0 Å². The number of nitrogens with two attached hydrogens (primary N) is 1. The largest absolute Gasteiger partial charge is 0.434 e. The number of benzene rings is 1. The third-order valence-corrected chi connectivity index (χ3v) is 5.74. The van der Waals surface area contributed by atoms with Gasteiger partial charge in [0.05, 0.1) is 6.04 Å². The van der Waals surface area contributed by atoms with Crippen LogP contribution in [-0.2, 0) is 4.79 Å². The van der Waals surface area contributed by atoms with Crippen molar-refractivity contribution >= 4 is 18.3 Å². The fourth-order valence-corrected chi connectivity index (χ4v) is 4.45. The van der Waals surface area contributed by atoms with E-state index >= 15 is 0 Å². The van der Waals surface area contributed by atoms with Crippen LogP contribution >= 0.6 is 12.4 Å². The maximum absolute atomic E-state index is 12.7. The lowest BCUT2D eigenvalue weighted by atomic mass is 9.65. The molecule has 2 aliphatic carbocycles. The molecule has 3 N–H and O–H groups in total. The molecule has 0 aromatic heterocycles. The molecule has 0 spiro atoms. The van der Waals surface area contributed by atoms with Gasteiger partial charge in [-0.15, -0.1) is 12.4 Å². The predicted molar refractivity (Wildman–Crippen MR) is 98.4 cm³/mol. The first kappa shape index (κ1) is 20.9. The Kier molecular flexibility index (Phi) is 7.24. The van der Waals surface area contributed by atoms with Crippen molar-refractivity contribution < 1.29 is 18.3 Å². The van der Waals surface area contributed by atoms with Gasteiger partial charge >= 0.3 is 6.61 Å². The summed E-state index contributed by atoms with van der Waals surface area (Å²) in [7, 11) is 0. The first-order valence-corrected chi connectivity index (χ1v) is 9.05. The highest BCUT2D eigenvalue weighted by Gasteiger charge is 2.40. The molecule has 0 aliphatic heterocycles. The molecule has 2 aliphatic rings. The van der Waals surface area contributed by atoms with Crippen molar-refractivity contribution in [3.8, 4) is 5.75 Å². The minimum atomic E-state index is -2.89. The van der Waals surface area contributed by atoms with Crippen molar-refractivity contribution in [2.24, 2.45) is 23.5 Å². The van der Waals surface area contributed by atoms with Crippen LogP contribution in [0.4, 0.5) is 8.78 Å². The molecule has 3 atom stereocenters. The number of ether oxygens (including phenoxy) is 1. The maximum atomic E-state index is 12.7. The standard InChI is InChI=1S/C19H26F2N2O2.ClH/c1-11(15-7-2-3-8-16(15)25-19(20)21)23-18(24)14-9-12-5-4-6-13(10-14)17(12)22;/h2-3,7-8,11-14,17,19H,4-6,9-10,22H2,1H3,(H,23,24);1H. The molecule has 3 unspecified atom stereocenters. The zero-order valence-corrected chi connectivity index (χ0v) is 15.7. The Morgan fingerprint density at radius 2 is 1.85 bits per heavy atom. The maximum Gasteiger partial charge on any atom is 0.387 e. The lowest BCUT2D eigenvalue weighted by Gasteiger charge is -2.43. The first-order chi connectivity index (χ1) is 12.0. The van der Waals surface area contributed by atoms with E-state index in [1.165, 1.54) is 12.5 Å². The number of alkyl halides is 2. The minimum Gasteiger partial charge on any atom is -0.434 e. The third kappa shape index (κ3) is 4.65. The summed E-state index contributed by atoms with van der Waals surface area (Å²) < 4.78 is 29.7. The van der Waals surface area contributed by atoms with Crippen molar-refractivity contribution in [2.75, 3.05) is 0 Å². The summed E-state index contributed by atoms with van der Waals surface area (Å²) in [6, 6.07) is 6.41. The summed E-state index contributed by atoms with van der Waals surface area (Å²) in [5, 5.41) is 2.98. The molecule has 0 radical (unpaired) electrons. The lowest BCUT2D eigenvalue weighted by Crippen LogP contribution is -2.49. The van der Waals surface area contributed by atoms with Gasteiger partial charge in [0.2, 0.25) is 5.91 Å². The fourth-order valence-electron chi connectivity index (χ4n) is 4.45. The molecule has 4 nitrogen and oxygen atoms in total. The van der Waals surface area contributed by atoms with E-state index < -0.39 is 12.7 Å². The zero-order valence-electron chi connectivity index (χ0n) is 14.9. The second-order valence-corrected chi connectivity index (χ2v) is 7.34. The van der Waals surface area contributed by atoms with Crippen LogP contribution in [0.5, 0.6) is 5.75 Å². The van der Waals surface area contributed by atoms with Gasteiger partial charge in [-0.1, -0.05) is 24.6 Å². The third-order valence-electron chi connectivity index (χ3n) is 5.74. The van der Waals surface area contributed by atoms with Gasteiger partial charge in [0, 0.05) is 17.5 Å². The first-order valence-electron chi connectivity index (χ1n) is 9.05. The second kappa shape index (κ2) is 9.00. The lowest BCUT2D eigenvalue weighted by molar-refractivity contribution is -0.128. The van der Waals surface area contributed by atoms with E-state index in [4.69, 9.17) is 5.73 Å². The quantitative estimate of drug-likeness (QED) is 0.800. The molecule has 146 valence electrons. The summed E-state index contributed by atoms with van der Waals surface area (Å²) in [6.45, 7) is -1.09. The topological polar surface area (TPSA) is 64.4 Å². The number of carbonyl (C=O) groups excluding carboxylic acids is 1. The second-order valence-electron chi connectivity index (χ2n) is 7.34. The van der Waals surface area contributed by atoms with Crippen LogP contribution < -0.4 is 15.8 Å². The van der Waals surface area contributed by atoms with Gasteiger partial charge in [-0.2, -0.15) is 8.78 Å². The summed E-state index contributed by atoms with van der Waals surface area (Å²) >= 11 is 0. The Morgan fingerprint density at radius 1 is 1.23 bits per heavy atom. The van der Waals surface area contributed by atoms with Crippen molar-refractivity contribution in [3.05, 3.63) is 29.8 Å². The molecular weight excluding hydrogens is 362 g/mol. The average molecular weight is 389 g/mol. The summed E-state index contributed by atoms with van der Waals surface area (Å²) in [5.41, 5.74) is 6.85. The van der Waals surface area contributed by atoms with Crippen LogP contribution in [0.1, 0.15) is 50.6 Å². The van der Waals surface area contributed by atoms with E-state index in [9.17, 15) is 13.6 Å². The van der Waals surface area contributed by atoms with Crippen LogP contribution in [0.2, 0.25) is 0 Å². The molecule has 1 amide bonds. The Balaban J connectivity index is 0.00000243. The predicted octanol–water partition coefficient (Wildman–Crippen LogP) is 4.04. The Hall–Kier alpha value is -1.40. The summed E-state index contributed by atoms with van der Waals surface area (Å²) in [4.78, 5) is 12.7. The molecule has 2 saturated carbocycles. The van der Waals surface area contributed by atoms with Crippen LogP contribution in [0, 0.1) is 17.8 Å². The van der Waals surface area contributed by atoms with Crippen molar-refractivity contribution in [1.29, 1.82) is 0 Å². The normalized spacial score (nSPS) is 28.8. The van der Waals surface area contributed by atoms with E-state index in [2.05, 4.69) is 10.1 Å². The van der Waals surface area contributed by atoms with Gasteiger partial charge in [-0.05, 0) is 50.5 Å². The van der Waals surface area contributed by atoms with Gasteiger partial charge in [-0.3, -0.25) is 4.79 Å². The van der Waals surface area contributed by atoms with E-state index in [1.54, 1.807) is 25.1 Å². The molecule has 1 aromatic carbocycles. The molecule has 2 bridgehead atoms. The number of hydrogen-bond donors (Lipinski definition) is 2. The van der Waals surface area contributed by atoms with E-state index in [0.717, 1.165) is 25.7 Å². The number of hydrogen-bond acceptors (Lipinski definition) is 3. The average Bonchev–Trinajstić information content (AvgIpc) is 2.54. The van der Waals surface area contributed by atoms with E-state index in [-0.39, 0.29) is 36.0 Å². The molecular formula is C19H27ClF2N2O2. The number of para-hydroxylation sites is 1. The number of carbonyl (C=O) groups is 1. The van der Waals surface area contributed by atoms with Crippen LogP contribution in [0.25, 0.3) is 0 Å². The van der Waals surface area contributed by atoms with Crippen molar-refractivity contribution in [3.63, 3.8) is 0 Å². The highest BCUT2D eigenvalue weighted by atomic mass is 35.5. The Bertz CT molecular complexity index is 603. The highest BCUT2D eigenvalue weighted by molar-refractivity contribution is 5.85. The molecule has 26 heavy (non-hydrogen) atoms. The van der Waals surface area contributed by atoms with Crippen LogP contribution in [0.15, 0.2) is 24.3 Å². The van der Waals surface area contributed by atoms with Crippen molar-refractivity contribution in [1.82, 2.24) is 5.32 Å². The SMILES string of the molecule is CC(NC(=O)C1CC2CCCC(C1)C2N)c1ccccc1OC(F)F.Cl. The minimum absolute atomic E-state index is 0. The molecule has 0 heterocycles. The summed E-state index contributed by atoms with van der Waals surface area (Å²) in [6.07, 6.45) is 5.05. The zero-order chi connectivity index (χ0) is 18.0. The monoisotopic (exact) mass is 388 g/mol. The Morgan fingerprint density at radius 3 is 2.46 bits per heavy atom. The molecule has 2 fully saturated rings. The molecule has 3 rings (SSSR count). The fraction of sp³-hybridized carbons (Fsp3) is 0.632. The number of amides is 1. The molecule has 7 heteroatoms. The van der Waals surface area contributed by atoms with Gasteiger partial charge in [0.25, 0.3) is 0 Å². The highest BCUT2D eigenvalue weighted by Crippen LogP contribution is 2.42. The van der Waals surface area contributed by atoms with Gasteiger partial charge < -0.3 is 15.8 Å². The smallest absolute Gasteiger partial charge is 0.387 e. The van der Waals surface area contributed by atoms with Crippen molar-refractivity contribution in [2.45, 2.75) is 57.7 Å². The van der Waals surface area contributed by atoms with Crippen LogP contribution in [0.3, 0.4) is 0 Å². The van der Waals surface area contributed by atoms with Gasteiger partial charge in [0.1, 0.15) is 5.75 Å². The van der Waals surface area contributed by atoms with E-state index in [1.807, 2.05) is 0 Å². The number of nitrogens with one attached hydrogen (secondary N) is 1. The number of halogens is 3. The number of fused-ring (bicyclic) bond motifs is 2. The van der Waals surface area contributed by atoms with Gasteiger partial charge in [0.15, 0.2) is 0 Å². The number of rotatable bonds is 5. The summed E-state index contributed by atoms with van der Waals surface area (Å²) in [5.74, 6) is 0.901. The van der Waals surface area contributed by atoms with Crippen LogP contribution in [-0.4, -0.2) is 18.6 Å². The Labute approximate surface area is 159 Å².